The first-order chi connectivity index (χ1) is 14.4. The molecule has 0 aromatic heterocycles. The van der Waals surface area contributed by atoms with Crippen molar-refractivity contribution in [3.8, 4) is 11.5 Å². The molecule has 6 nitrogen and oxygen atoms in total. The molecule has 0 unspecified atom stereocenters. The van der Waals surface area contributed by atoms with Gasteiger partial charge in [0.25, 0.3) is 11.8 Å². The Morgan fingerprint density at radius 1 is 1.13 bits per heavy atom. The van der Waals surface area contributed by atoms with Crippen LogP contribution in [0.4, 0.5) is 0 Å². The van der Waals surface area contributed by atoms with Crippen LogP contribution in [-0.2, 0) is 4.79 Å². The SMILES string of the molecule is COc1ccc(Cl)cc1C(=O)NC1CCN(C(=O)COc2cccc(C)c2C)CC1. The number of piperidine rings is 1. The van der Waals surface area contributed by atoms with Crippen molar-refractivity contribution in [1.82, 2.24) is 10.2 Å². The lowest BCUT2D eigenvalue weighted by Gasteiger charge is -2.32. The standard InChI is InChI=1S/C23H27ClN2O4/c1-15-5-4-6-20(16(15)2)30-14-22(27)26-11-9-18(10-12-26)25-23(28)19-13-17(24)7-8-21(19)29-3/h4-8,13,18H,9-12,14H2,1-3H3,(H,25,28). The van der Waals surface area contributed by atoms with Gasteiger partial charge in [0, 0.05) is 24.2 Å². The van der Waals surface area contributed by atoms with E-state index in [2.05, 4.69) is 5.32 Å². The summed E-state index contributed by atoms with van der Waals surface area (Å²) in [7, 11) is 1.52. The Bertz CT molecular complexity index is 923. The van der Waals surface area contributed by atoms with Gasteiger partial charge in [-0.25, -0.2) is 0 Å². The number of ether oxygens (including phenoxy) is 2. The predicted octanol–water partition coefficient (Wildman–Crippen LogP) is 3.77. The normalized spacial score (nSPS) is 14.3. The van der Waals surface area contributed by atoms with Gasteiger partial charge in [0.2, 0.25) is 0 Å². The third-order valence-electron chi connectivity index (χ3n) is 5.50. The summed E-state index contributed by atoms with van der Waals surface area (Å²) in [6, 6.07) is 10.8. The zero-order valence-electron chi connectivity index (χ0n) is 17.5. The number of amides is 2. The first-order valence-corrected chi connectivity index (χ1v) is 10.4. The maximum absolute atomic E-state index is 12.6. The molecule has 1 aliphatic rings. The molecule has 2 aromatic carbocycles. The minimum Gasteiger partial charge on any atom is -0.496 e. The smallest absolute Gasteiger partial charge is 0.260 e. The molecule has 0 radical (unpaired) electrons. The van der Waals surface area contributed by atoms with Crippen LogP contribution in [0.2, 0.25) is 5.02 Å². The van der Waals surface area contributed by atoms with Crippen LogP contribution in [0.3, 0.4) is 0 Å². The van der Waals surface area contributed by atoms with Gasteiger partial charge >= 0.3 is 0 Å². The number of aryl methyl sites for hydroxylation is 1. The average Bonchev–Trinajstić information content (AvgIpc) is 2.75. The molecule has 1 aliphatic heterocycles. The lowest BCUT2D eigenvalue weighted by molar-refractivity contribution is -0.134. The molecule has 1 fully saturated rings. The minimum absolute atomic E-state index is 0.00910. The van der Waals surface area contributed by atoms with Crippen molar-refractivity contribution < 1.29 is 19.1 Å². The van der Waals surface area contributed by atoms with E-state index in [1.54, 1.807) is 23.1 Å². The summed E-state index contributed by atoms with van der Waals surface area (Å²) < 4.78 is 11.0. The van der Waals surface area contributed by atoms with Crippen LogP contribution in [-0.4, -0.2) is 49.6 Å². The van der Waals surface area contributed by atoms with Crippen LogP contribution in [0, 0.1) is 13.8 Å². The van der Waals surface area contributed by atoms with Crippen LogP contribution in [0.1, 0.15) is 34.3 Å². The largest absolute Gasteiger partial charge is 0.496 e. The molecule has 1 N–H and O–H groups in total. The highest BCUT2D eigenvalue weighted by Crippen LogP contribution is 2.24. The number of hydrogen-bond donors (Lipinski definition) is 1. The molecule has 2 amide bonds. The molecule has 160 valence electrons. The molecule has 0 atom stereocenters. The molecule has 1 saturated heterocycles. The van der Waals surface area contributed by atoms with E-state index in [1.165, 1.54) is 7.11 Å². The fraction of sp³-hybridized carbons (Fsp3) is 0.391. The summed E-state index contributed by atoms with van der Waals surface area (Å²) in [6.45, 7) is 5.17. The Morgan fingerprint density at radius 3 is 2.57 bits per heavy atom. The van der Waals surface area contributed by atoms with Crippen LogP contribution in [0.5, 0.6) is 11.5 Å². The summed E-state index contributed by atoms with van der Waals surface area (Å²) in [5.41, 5.74) is 2.58. The first kappa shape index (κ1) is 22.0. The highest BCUT2D eigenvalue weighted by atomic mass is 35.5. The highest BCUT2D eigenvalue weighted by molar-refractivity contribution is 6.31. The lowest BCUT2D eigenvalue weighted by Crippen LogP contribution is -2.47. The van der Waals surface area contributed by atoms with Crippen molar-refractivity contribution in [1.29, 1.82) is 0 Å². The molecule has 2 aromatic rings. The second-order valence-corrected chi connectivity index (χ2v) is 7.90. The number of benzene rings is 2. The van der Waals surface area contributed by atoms with Crippen molar-refractivity contribution in [3.63, 3.8) is 0 Å². The second kappa shape index (κ2) is 9.85. The van der Waals surface area contributed by atoms with E-state index in [0.29, 0.717) is 42.3 Å². The Kier molecular flexibility index (Phi) is 7.21. The molecule has 3 rings (SSSR count). The summed E-state index contributed by atoms with van der Waals surface area (Å²) in [6.07, 6.45) is 1.37. The zero-order chi connectivity index (χ0) is 21.7. The van der Waals surface area contributed by atoms with Gasteiger partial charge in [-0.2, -0.15) is 0 Å². The minimum atomic E-state index is -0.225. The number of nitrogens with zero attached hydrogens (tertiary/aromatic N) is 1. The number of carbonyl (C=O) groups excluding carboxylic acids is 2. The van der Waals surface area contributed by atoms with Gasteiger partial charge in [-0.3, -0.25) is 9.59 Å². The number of rotatable bonds is 6. The maximum Gasteiger partial charge on any atom is 0.260 e. The number of nitrogens with one attached hydrogen (secondary N) is 1. The first-order valence-electron chi connectivity index (χ1n) is 10.00. The van der Waals surface area contributed by atoms with Crippen molar-refractivity contribution in [2.24, 2.45) is 0 Å². The monoisotopic (exact) mass is 430 g/mol. The van der Waals surface area contributed by atoms with E-state index in [1.807, 2.05) is 32.0 Å². The maximum atomic E-state index is 12.6. The molecular weight excluding hydrogens is 404 g/mol. The third kappa shape index (κ3) is 5.25. The predicted molar refractivity (Wildman–Crippen MR) is 116 cm³/mol. The van der Waals surface area contributed by atoms with Crippen LogP contribution in [0.15, 0.2) is 36.4 Å². The van der Waals surface area contributed by atoms with Gasteiger partial charge in [-0.15, -0.1) is 0 Å². The lowest BCUT2D eigenvalue weighted by atomic mass is 10.0. The van der Waals surface area contributed by atoms with Crippen LogP contribution >= 0.6 is 11.6 Å². The van der Waals surface area contributed by atoms with Gasteiger partial charge in [0.15, 0.2) is 6.61 Å². The molecule has 0 spiro atoms. The quantitative estimate of drug-likeness (QED) is 0.757. The molecule has 0 bridgehead atoms. The van der Waals surface area contributed by atoms with E-state index in [9.17, 15) is 9.59 Å². The number of hydrogen-bond acceptors (Lipinski definition) is 4. The van der Waals surface area contributed by atoms with Gasteiger partial charge in [0.05, 0.1) is 12.7 Å². The molecule has 1 heterocycles. The summed E-state index contributed by atoms with van der Waals surface area (Å²) in [4.78, 5) is 26.9. The molecular formula is C23H27ClN2O4. The van der Waals surface area contributed by atoms with Crippen molar-refractivity contribution in [2.45, 2.75) is 32.7 Å². The van der Waals surface area contributed by atoms with E-state index < -0.39 is 0 Å². The second-order valence-electron chi connectivity index (χ2n) is 7.46. The van der Waals surface area contributed by atoms with E-state index in [-0.39, 0.29) is 24.5 Å². The zero-order valence-corrected chi connectivity index (χ0v) is 18.3. The fourth-order valence-electron chi connectivity index (χ4n) is 3.51. The Balaban J connectivity index is 1.50. The topological polar surface area (TPSA) is 67.9 Å². The van der Waals surface area contributed by atoms with Crippen molar-refractivity contribution in [2.75, 3.05) is 26.8 Å². The Morgan fingerprint density at radius 2 is 1.87 bits per heavy atom. The number of methoxy groups -OCH3 is 1. The Hall–Kier alpha value is -2.73. The summed E-state index contributed by atoms with van der Waals surface area (Å²) in [5.74, 6) is 0.948. The van der Waals surface area contributed by atoms with E-state index in [0.717, 1.165) is 16.9 Å². The summed E-state index contributed by atoms with van der Waals surface area (Å²) >= 11 is 6.02. The average molecular weight is 431 g/mol. The van der Waals surface area contributed by atoms with Crippen LogP contribution < -0.4 is 14.8 Å². The molecule has 30 heavy (non-hydrogen) atoms. The number of likely N-dealkylation sites (tertiary alicyclic amines) is 1. The Labute approximate surface area is 182 Å². The van der Waals surface area contributed by atoms with Crippen LogP contribution in [0.25, 0.3) is 0 Å². The number of carbonyl (C=O) groups is 2. The number of halogens is 1. The van der Waals surface area contributed by atoms with Crippen molar-refractivity contribution >= 4 is 23.4 Å². The van der Waals surface area contributed by atoms with E-state index >= 15 is 0 Å². The summed E-state index contributed by atoms with van der Waals surface area (Å²) in [5, 5.41) is 3.50. The van der Waals surface area contributed by atoms with Gasteiger partial charge in [-0.05, 0) is 62.1 Å². The van der Waals surface area contributed by atoms with Gasteiger partial charge < -0.3 is 19.7 Å². The van der Waals surface area contributed by atoms with Crippen molar-refractivity contribution in [3.05, 3.63) is 58.1 Å². The van der Waals surface area contributed by atoms with Gasteiger partial charge in [-0.1, -0.05) is 23.7 Å². The molecule has 0 aliphatic carbocycles. The molecule has 0 saturated carbocycles. The highest BCUT2D eigenvalue weighted by Gasteiger charge is 2.25. The third-order valence-corrected chi connectivity index (χ3v) is 5.73. The fourth-order valence-corrected chi connectivity index (χ4v) is 3.68. The molecule has 7 heteroatoms. The van der Waals surface area contributed by atoms with Gasteiger partial charge in [0.1, 0.15) is 11.5 Å². The van der Waals surface area contributed by atoms with E-state index in [4.69, 9.17) is 21.1 Å².